The number of ketones is 1. The van der Waals surface area contributed by atoms with E-state index in [-0.39, 0.29) is 11.3 Å². The van der Waals surface area contributed by atoms with Crippen molar-refractivity contribution in [2.75, 3.05) is 0 Å². The van der Waals surface area contributed by atoms with Gasteiger partial charge < -0.3 is 5.11 Å². The standard InChI is InChI=1S/C13H16O3/c1-3-4-5-12(14)10-7-6-9(2)11(8-10)13(15)16/h6-8H,3-5H2,1-2H3,(H,15,16). The van der Waals surface area contributed by atoms with E-state index < -0.39 is 5.97 Å². The molecular formula is C13H16O3. The van der Waals surface area contributed by atoms with Crippen LogP contribution in [0.15, 0.2) is 18.2 Å². The summed E-state index contributed by atoms with van der Waals surface area (Å²) in [6.07, 6.45) is 2.29. The second kappa shape index (κ2) is 5.45. The van der Waals surface area contributed by atoms with E-state index in [4.69, 9.17) is 5.11 Å². The predicted octanol–water partition coefficient (Wildman–Crippen LogP) is 3.07. The van der Waals surface area contributed by atoms with E-state index in [9.17, 15) is 9.59 Å². The van der Waals surface area contributed by atoms with Gasteiger partial charge in [0.1, 0.15) is 0 Å². The molecule has 0 aliphatic carbocycles. The highest BCUT2D eigenvalue weighted by atomic mass is 16.4. The second-order valence-corrected chi connectivity index (χ2v) is 3.86. The molecule has 0 unspecified atom stereocenters. The maximum absolute atomic E-state index is 11.7. The molecule has 1 aromatic carbocycles. The largest absolute Gasteiger partial charge is 0.478 e. The normalized spacial score (nSPS) is 10.1. The smallest absolute Gasteiger partial charge is 0.335 e. The fraction of sp³-hybridized carbons (Fsp3) is 0.385. The average molecular weight is 220 g/mol. The fourth-order valence-corrected chi connectivity index (χ4v) is 1.51. The molecule has 1 rings (SSSR count). The van der Waals surface area contributed by atoms with Gasteiger partial charge in [-0.1, -0.05) is 25.5 Å². The first kappa shape index (κ1) is 12.4. The Balaban J connectivity index is 2.94. The van der Waals surface area contributed by atoms with Crippen molar-refractivity contribution in [3.05, 3.63) is 34.9 Å². The Morgan fingerprint density at radius 1 is 1.31 bits per heavy atom. The highest BCUT2D eigenvalue weighted by Crippen LogP contribution is 2.14. The lowest BCUT2D eigenvalue weighted by Crippen LogP contribution is -2.04. The topological polar surface area (TPSA) is 54.4 Å². The highest BCUT2D eigenvalue weighted by molar-refractivity contribution is 5.99. The van der Waals surface area contributed by atoms with Gasteiger partial charge >= 0.3 is 5.97 Å². The van der Waals surface area contributed by atoms with Crippen LogP contribution in [0.2, 0.25) is 0 Å². The van der Waals surface area contributed by atoms with Gasteiger partial charge in [-0.05, 0) is 25.0 Å². The zero-order valence-electron chi connectivity index (χ0n) is 9.62. The molecule has 1 N–H and O–H groups in total. The number of aryl methyl sites for hydroxylation is 1. The first-order valence-corrected chi connectivity index (χ1v) is 5.43. The Labute approximate surface area is 95.1 Å². The van der Waals surface area contributed by atoms with Crippen LogP contribution in [0.1, 0.15) is 52.5 Å². The Hall–Kier alpha value is -1.64. The number of rotatable bonds is 5. The maximum Gasteiger partial charge on any atom is 0.335 e. The third-order valence-electron chi connectivity index (χ3n) is 2.55. The minimum absolute atomic E-state index is 0.0179. The molecule has 16 heavy (non-hydrogen) atoms. The maximum atomic E-state index is 11.7. The summed E-state index contributed by atoms with van der Waals surface area (Å²) >= 11 is 0. The highest BCUT2D eigenvalue weighted by Gasteiger charge is 2.11. The van der Waals surface area contributed by atoms with Crippen LogP contribution >= 0.6 is 0 Å². The van der Waals surface area contributed by atoms with Gasteiger partial charge in [0.15, 0.2) is 5.78 Å². The van der Waals surface area contributed by atoms with Crippen LogP contribution in [0.3, 0.4) is 0 Å². The third-order valence-corrected chi connectivity index (χ3v) is 2.55. The number of hydrogen-bond donors (Lipinski definition) is 1. The number of Topliss-reactive ketones (excluding diaryl/α,β-unsaturated/α-hetero) is 1. The number of carboxylic acid groups (broad SMARTS) is 1. The quantitative estimate of drug-likeness (QED) is 0.776. The van der Waals surface area contributed by atoms with Crippen LogP contribution in [0.5, 0.6) is 0 Å². The Bertz CT molecular complexity index is 408. The molecule has 1 aromatic rings. The molecule has 0 heterocycles. The van der Waals surface area contributed by atoms with E-state index in [2.05, 4.69) is 0 Å². The second-order valence-electron chi connectivity index (χ2n) is 3.86. The Morgan fingerprint density at radius 2 is 2.00 bits per heavy atom. The minimum Gasteiger partial charge on any atom is -0.478 e. The molecule has 0 aliphatic heterocycles. The summed E-state index contributed by atoms with van der Waals surface area (Å²) < 4.78 is 0. The number of carboxylic acids is 1. The van der Waals surface area contributed by atoms with E-state index in [1.165, 1.54) is 6.07 Å². The van der Waals surface area contributed by atoms with Crippen molar-refractivity contribution >= 4 is 11.8 Å². The molecule has 0 aromatic heterocycles. The van der Waals surface area contributed by atoms with E-state index in [1.54, 1.807) is 19.1 Å². The van der Waals surface area contributed by atoms with Crippen molar-refractivity contribution in [1.82, 2.24) is 0 Å². The number of hydrogen-bond acceptors (Lipinski definition) is 2. The summed E-state index contributed by atoms with van der Waals surface area (Å²) in [6.45, 7) is 3.74. The summed E-state index contributed by atoms with van der Waals surface area (Å²) in [5.41, 5.74) is 1.39. The first-order valence-electron chi connectivity index (χ1n) is 5.43. The predicted molar refractivity (Wildman–Crippen MR) is 62.0 cm³/mol. The lowest BCUT2D eigenvalue weighted by Gasteiger charge is -2.04. The summed E-state index contributed by atoms with van der Waals surface area (Å²) in [4.78, 5) is 22.6. The number of unbranched alkanes of at least 4 members (excludes halogenated alkanes) is 1. The van der Waals surface area contributed by atoms with Crippen molar-refractivity contribution in [3.8, 4) is 0 Å². The van der Waals surface area contributed by atoms with Crippen LogP contribution in [-0.4, -0.2) is 16.9 Å². The summed E-state index contributed by atoms with van der Waals surface area (Å²) in [7, 11) is 0. The lowest BCUT2D eigenvalue weighted by atomic mass is 10.00. The van der Waals surface area contributed by atoms with Gasteiger partial charge in [-0.2, -0.15) is 0 Å². The molecular weight excluding hydrogens is 204 g/mol. The third kappa shape index (κ3) is 2.92. The molecule has 0 bridgehead atoms. The average Bonchev–Trinajstić information content (AvgIpc) is 2.26. The number of carbonyl (C=O) groups excluding carboxylic acids is 1. The van der Waals surface area contributed by atoms with E-state index >= 15 is 0 Å². The molecule has 0 saturated carbocycles. The SMILES string of the molecule is CCCCC(=O)c1ccc(C)c(C(=O)O)c1. The van der Waals surface area contributed by atoms with Crippen LogP contribution in [0.25, 0.3) is 0 Å². The zero-order valence-corrected chi connectivity index (χ0v) is 9.62. The van der Waals surface area contributed by atoms with Gasteiger partial charge in [-0.25, -0.2) is 4.79 Å². The molecule has 0 spiro atoms. The Morgan fingerprint density at radius 3 is 2.56 bits per heavy atom. The summed E-state index contributed by atoms with van der Waals surface area (Å²) in [6, 6.07) is 4.85. The van der Waals surface area contributed by atoms with Crippen molar-refractivity contribution in [1.29, 1.82) is 0 Å². The van der Waals surface area contributed by atoms with Gasteiger partial charge in [0.25, 0.3) is 0 Å². The molecule has 0 radical (unpaired) electrons. The molecule has 86 valence electrons. The fourth-order valence-electron chi connectivity index (χ4n) is 1.51. The summed E-state index contributed by atoms with van der Waals surface area (Å²) in [5, 5.41) is 8.94. The van der Waals surface area contributed by atoms with E-state index in [0.29, 0.717) is 17.5 Å². The van der Waals surface area contributed by atoms with Crippen LogP contribution in [0.4, 0.5) is 0 Å². The number of benzene rings is 1. The van der Waals surface area contributed by atoms with Gasteiger partial charge in [0, 0.05) is 12.0 Å². The molecule has 0 amide bonds. The minimum atomic E-state index is -0.984. The molecule has 0 fully saturated rings. The van der Waals surface area contributed by atoms with Gasteiger partial charge in [-0.3, -0.25) is 4.79 Å². The zero-order chi connectivity index (χ0) is 12.1. The summed E-state index contributed by atoms with van der Waals surface area (Å²) in [5.74, 6) is -0.966. The van der Waals surface area contributed by atoms with E-state index in [1.807, 2.05) is 6.92 Å². The van der Waals surface area contributed by atoms with Crippen LogP contribution in [-0.2, 0) is 0 Å². The number of carbonyl (C=O) groups is 2. The Kier molecular flexibility index (Phi) is 4.23. The van der Waals surface area contributed by atoms with Crippen molar-refractivity contribution in [2.45, 2.75) is 33.1 Å². The van der Waals surface area contributed by atoms with Crippen LogP contribution < -0.4 is 0 Å². The first-order chi connectivity index (χ1) is 7.56. The van der Waals surface area contributed by atoms with Gasteiger partial charge in [0.05, 0.1) is 5.56 Å². The van der Waals surface area contributed by atoms with Gasteiger partial charge in [-0.15, -0.1) is 0 Å². The molecule has 0 aliphatic rings. The van der Waals surface area contributed by atoms with Crippen molar-refractivity contribution in [3.63, 3.8) is 0 Å². The monoisotopic (exact) mass is 220 g/mol. The van der Waals surface area contributed by atoms with Crippen molar-refractivity contribution in [2.24, 2.45) is 0 Å². The molecule has 3 heteroatoms. The molecule has 3 nitrogen and oxygen atoms in total. The van der Waals surface area contributed by atoms with Crippen LogP contribution in [0, 0.1) is 6.92 Å². The molecule has 0 saturated heterocycles. The lowest BCUT2D eigenvalue weighted by molar-refractivity contribution is 0.0696. The van der Waals surface area contributed by atoms with E-state index in [0.717, 1.165) is 12.8 Å². The molecule has 0 atom stereocenters. The van der Waals surface area contributed by atoms with Gasteiger partial charge in [0.2, 0.25) is 0 Å². The van der Waals surface area contributed by atoms with Crippen molar-refractivity contribution < 1.29 is 14.7 Å². The number of aromatic carboxylic acids is 1.